The summed E-state index contributed by atoms with van der Waals surface area (Å²) in [5.41, 5.74) is 1.44. The van der Waals surface area contributed by atoms with E-state index in [0.717, 1.165) is 17.1 Å². The highest BCUT2D eigenvalue weighted by atomic mass is 32.2. The Bertz CT molecular complexity index is 646. The van der Waals surface area contributed by atoms with Crippen molar-refractivity contribution in [3.05, 3.63) is 59.9 Å². The second-order valence-electron chi connectivity index (χ2n) is 6.02. The molecule has 2 N–H and O–H groups in total. The highest BCUT2D eigenvalue weighted by Gasteiger charge is 2.24. The molecule has 0 fully saturated rings. The zero-order valence-corrected chi connectivity index (χ0v) is 15.0. The summed E-state index contributed by atoms with van der Waals surface area (Å²) >= 11 is 1.71. The fourth-order valence-corrected chi connectivity index (χ4v) is 3.11. The molecule has 0 aliphatic carbocycles. The van der Waals surface area contributed by atoms with Crippen LogP contribution < -0.4 is 5.32 Å². The zero-order chi connectivity index (χ0) is 17.4. The molecular weight excluding hydrogens is 320 g/mol. The third-order valence-corrected chi connectivity index (χ3v) is 5.19. The number of nitrogens with zero attached hydrogens (tertiary/aromatic N) is 1. The van der Waals surface area contributed by atoms with Gasteiger partial charge in [-0.3, -0.25) is 9.78 Å². The van der Waals surface area contributed by atoms with Gasteiger partial charge in [0.15, 0.2) is 0 Å². The molecule has 24 heavy (non-hydrogen) atoms. The first-order valence-electron chi connectivity index (χ1n) is 8.11. The van der Waals surface area contributed by atoms with Gasteiger partial charge in [0.1, 0.15) is 0 Å². The lowest BCUT2D eigenvalue weighted by molar-refractivity contribution is 0.0886. The highest BCUT2D eigenvalue weighted by molar-refractivity contribution is 7.98. The second-order valence-corrected chi connectivity index (χ2v) is 7.07. The quantitative estimate of drug-likeness (QED) is 0.718. The Balaban J connectivity index is 1.94. The molecule has 0 aliphatic heterocycles. The largest absolute Gasteiger partial charge is 0.396 e. The number of rotatable bonds is 8. The van der Waals surface area contributed by atoms with Gasteiger partial charge in [0, 0.05) is 40.8 Å². The average Bonchev–Trinajstić information content (AvgIpc) is 2.61. The molecule has 0 saturated carbocycles. The van der Waals surface area contributed by atoms with E-state index in [9.17, 15) is 4.79 Å². The fourth-order valence-electron chi connectivity index (χ4n) is 2.27. The summed E-state index contributed by atoms with van der Waals surface area (Å²) < 4.78 is 0. The molecule has 0 spiro atoms. The van der Waals surface area contributed by atoms with Gasteiger partial charge in [-0.25, -0.2) is 0 Å². The summed E-state index contributed by atoms with van der Waals surface area (Å²) in [6.45, 7) is 4.03. The van der Waals surface area contributed by atoms with Crippen LogP contribution in [0.2, 0.25) is 0 Å². The van der Waals surface area contributed by atoms with Gasteiger partial charge in [-0.2, -0.15) is 0 Å². The molecule has 0 aliphatic rings. The molecule has 128 valence electrons. The molecule has 1 aromatic heterocycles. The van der Waals surface area contributed by atoms with Crippen LogP contribution in [0.4, 0.5) is 0 Å². The van der Waals surface area contributed by atoms with E-state index in [1.165, 1.54) is 5.56 Å². The van der Waals surface area contributed by atoms with Crippen molar-refractivity contribution < 1.29 is 9.90 Å². The molecule has 0 radical (unpaired) electrons. The average molecular weight is 344 g/mol. The predicted octanol–water partition coefficient (Wildman–Crippen LogP) is 3.65. The van der Waals surface area contributed by atoms with Gasteiger partial charge in [-0.05, 0) is 55.7 Å². The number of amides is 1. The molecular formula is C19H24N2O2S. The number of aliphatic hydroxyl groups is 1. The van der Waals surface area contributed by atoms with Crippen molar-refractivity contribution in [1.82, 2.24) is 10.3 Å². The standard InChI is InChI=1S/C19H24N2O2S/c1-3-19(2,10-12-22)21-18(23)16-6-8-17(9-7-16)24-14-15-5-4-11-20-13-15/h4-9,11,13,22H,3,10,12,14H2,1-2H3,(H,21,23). The second kappa shape index (κ2) is 8.85. The molecule has 5 heteroatoms. The minimum Gasteiger partial charge on any atom is -0.396 e. The summed E-state index contributed by atoms with van der Waals surface area (Å²) in [5, 5.41) is 12.2. The number of carbonyl (C=O) groups is 1. The molecule has 1 unspecified atom stereocenters. The molecule has 0 bridgehead atoms. The number of hydrogen-bond donors (Lipinski definition) is 2. The number of aromatic nitrogens is 1. The number of aliphatic hydroxyl groups excluding tert-OH is 1. The van der Waals surface area contributed by atoms with Crippen LogP contribution in [0.15, 0.2) is 53.7 Å². The smallest absolute Gasteiger partial charge is 0.251 e. The number of carbonyl (C=O) groups excluding carboxylic acids is 1. The third-order valence-electron chi connectivity index (χ3n) is 4.10. The Morgan fingerprint density at radius 1 is 1.29 bits per heavy atom. The SMILES string of the molecule is CCC(C)(CCO)NC(=O)c1ccc(SCc2cccnc2)cc1. The summed E-state index contributed by atoms with van der Waals surface area (Å²) in [6, 6.07) is 11.6. The lowest BCUT2D eigenvalue weighted by Crippen LogP contribution is -2.46. The lowest BCUT2D eigenvalue weighted by atomic mass is 9.94. The monoisotopic (exact) mass is 344 g/mol. The van der Waals surface area contributed by atoms with E-state index >= 15 is 0 Å². The normalized spacial score (nSPS) is 13.3. The van der Waals surface area contributed by atoms with Crippen LogP contribution >= 0.6 is 11.8 Å². The minimum absolute atomic E-state index is 0.0640. The van der Waals surface area contributed by atoms with E-state index in [4.69, 9.17) is 5.11 Å². The number of nitrogens with one attached hydrogen (secondary N) is 1. The van der Waals surface area contributed by atoms with Crippen LogP contribution in [-0.2, 0) is 5.75 Å². The number of thioether (sulfide) groups is 1. The predicted molar refractivity (Wildman–Crippen MR) is 98.1 cm³/mol. The maximum absolute atomic E-state index is 12.4. The van der Waals surface area contributed by atoms with Crippen LogP contribution in [0.3, 0.4) is 0 Å². The van der Waals surface area contributed by atoms with Crippen molar-refractivity contribution in [2.45, 2.75) is 42.9 Å². The van der Waals surface area contributed by atoms with Gasteiger partial charge in [0.2, 0.25) is 0 Å². The Labute approximate surface area is 147 Å². The topological polar surface area (TPSA) is 62.2 Å². The number of hydrogen-bond acceptors (Lipinski definition) is 4. The van der Waals surface area contributed by atoms with Gasteiger partial charge in [0.05, 0.1) is 0 Å². The number of benzene rings is 1. The molecule has 1 heterocycles. The highest BCUT2D eigenvalue weighted by Crippen LogP contribution is 2.23. The van der Waals surface area contributed by atoms with Crippen molar-refractivity contribution in [3.8, 4) is 0 Å². The first-order valence-corrected chi connectivity index (χ1v) is 9.10. The van der Waals surface area contributed by atoms with E-state index in [2.05, 4.69) is 16.4 Å². The van der Waals surface area contributed by atoms with Crippen molar-refractivity contribution in [3.63, 3.8) is 0 Å². The lowest BCUT2D eigenvalue weighted by Gasteiger charge is -2.29. The van der Waals surface area contributed by atoms with Crippen LogP contribution in [0.25, 0.3) is 0 Å². The van der Waals surface area contributed by atoms with E-state index in [1.54, 1.807) is 18.0 Å². The van der Waals surface area contributed by atoms with Crippen molar-refractivity contribution >= 4 is 17.7 Å². The van der Waals surface area contributed by atoms with E-state index in [-0.39, 0.29) is 18.1 Å². The molecule has 1 atom stereocenters. The van der Waals surface area contributed by atoms with Gasteiger partial charge >= 0.3 is 0 Å². The van der Waals surface area contributed by atoms with E-state index in [0.29, 0.717) is 12.0 Å². The van der Waals surface area contributed by atoms with Crippen LogP contribution in [0, 0.1) is 0 Å². The maximum Gasteiger partial charge on any atom is 0.251 e. The molecule has 2 aromatic rings. The Kier molecular flexibility index (Phi) is 6.82. The van der Waals surface area contributed by atoms with Crippen LogP contribution in [-0.4, -0.2) is 28.1 Å². The van der Waals surface area contributed by atoms with Gasteiger partial charge in [-0.15, -0.1) is 11.8 Å². The van der Waals surface area contributed by atoms with E-state index < -0.39 is 0 Å². The summed E-state index contributed by atoms with van der Waals surface area (Å²) in [7, 11) is 0. The van der Waals surface area contributed by atoms with Crippen LogP contribution in [0.1, 0.15) is 42.6 Å². The van der Waals surface area contributed by atoms with Gasteiger partial charge in [0.25, 0.3) is 5.91 Å². The molecule has 0 saturated heterocycles. The van der Waals surface area contributed by atoms with Gasteiger partial charge < -0.3 is 10.4 Å². The third kappa shape index (κ3) is 5.35. The zero-order valence-electron chi connectivity index (χ0n) is 14.2. The maximum atomic E-state index is 12.4. The number of pyridine rings is 1. The summed E-state index contributed by atoms with van der Waals surface area (Å²) in [5.74, 6) is 0.751. The molecule has 1 aromatic carbocycles. The Hall–Kier alpha value is -1.85. The molecule has 1 amide bonds. The minimum atomic E-state index is -0.375. The van der Waals surface area contributed by atoms with Crippen molar-refractivity contribution in [1.29, 1.82) is 0 Å². The van der Waals surface area contributed by atoms with Crippen LogP contribution in [0.5, 0.6) is 0 Å². The Morgan fingerprint density at radius 2 is 2.04 bits per heavy atom. The first kappa shape index (κ1) is 18.5. The summed E-state index contributed by atoms with van der Waals surface area (Å²) in [6.07, 6.45) is 4.95. The molecule has 2 rings (SSSR count). The van der Waals surface area contributed by atoms with Crippen molar-refractivity contribution in [2.24, 2.45) is 0 Å². The Morgan fingerprint density at radius 3 is 2.62 bits per heavy atom. The summed E-state index contributed by atoms with van der Waals surface area (Å²) in [4.78, 5) is 17.6. The molecule has 4 nitrogen and oxygen atoms in total. The van der Waals surface area contributed by atoms with E-state index in [1.807, 2.05) is 50.4 Å². The van der Waals surface area contributed by atoms with Gasteiger partial charge in [-0.1, -0.05) is 13.0 Å². The first-order chi connectivity index (χ1) is 11.6. The van der Waals surface area contributed by atoms with Crippen molar-refractivity contribution in [2.75, 3.05) is 6.61 Å². The fraction of sp³-hybridized carbons (Fsp3) is 0.368.